The maximum Gasteiger partial charge on any atom is 0.245 e. The fraction of sp³-hybridized carbons (Fsp3) is 0.410. The number of Topliss-reactive ketones (excluding diaryl/α,β-unsaturated/α-hetero) is 2. The summed E-state index contributed by atoms with van der Waals surface area (Å²) in [6, 6.07) is 7.08. The SMILES string of the molecule is C=CCCCCc1cc(-c2cnc(C)nc2)cc2c(C(C)=O)nn(CC(=O)N3[C@H](C(=O)Cc4nc(Br)ccc4C)C[C@@]4(COCC=C)C[C@@H]34)c12. The molecule has 0 radical (unpaired) electrons. The van der Waals surface area contributed by atoms with Crippen LogP contribution in [0, 0.1) is 19.3 Å². The summed E-state index contributed by atoms with van der Waals surface area (Å²) in [6.45, 7) is 13.6. The second-order valence-electron chi connectivity index (χ2n) is 13.6. The maximum atomic E-state index is 14.5. The first-order chi connectivity index (χ1) is 24.0. The number of aryl methyl sites for hydroxylation is 3. The van der Waals surface area contributed by atoms with Gasteiger partial charge in [0.15, 0.2) is 11.6 Å². The van der Waals surface area contributed by atoms with Gasteiger partial charge in [-0.15, -0.1) is 13.2 Å². The van der Waals surface area contributed by atoms with Crippen LogP contribution in [-0.2, 0) is 33.7 Å². The molecule has 6 rings (SSSR count). The highest BCUT2D eigenvalue weighted by atomic mass is 79.9. The molecular formula is C39H43BrN6O4. The third kappa shape index (κ3) is 7.25. The van der Waals surface area contributed by atoms with Gasteiger partial charge < -0.3 is 9.64 Å². The number of ketones is 2. The molecule has 2 aliphatic rings. The zero-order valence-corrected chi connectivity index (χ0v) is 30.5. The summed E-state index contributed by atoms with van der Waals surface area (Å²) in [6.07, 6.45) is 12.1. The Balaban J connectivity index is 1.36. The third-order valence-corrected chi connectivity index (χ3v) is 10.4. The van der Waals surface area contributed by atoms with E-state index in [0.717, 1.165) is 59.9 Å². The molecule has 50 heavy (non-hydrogen) atoms. The Bertz CT molecular complexity index is 1970. The number of carbonyl (C=O) groups is 3. The molecule has 1 aliphatic heterocycles. The van der Waals surface area contributed by atoms with Gasteiger partial charge in [-0.1, -0.05) is 18.2 Å². The van der Waals surface area contributed by atoms with E-state index >= 15 is 0 Å². The lowest BCUT2D eigenvalue weighted by Gasteiger charge is -2.27. The normalized spacial score (nSPS) is 19.4. The number of ether oxygens (including phenoxy) is 1. The average Bonchev–Trinajstić information content (AvgIpc) is 3.49. The van der Waals surface area contributed by atoms with Crippen LogP contribution in [-0.4, -0.2) is 72.4 Å². The number of aromatic nitrogens is 5. The first-order valence-electron chi connectivity index (χ1n) is 17.1. The van der Waals surface area contributed by atoms with Crippen LogP contribution in [0.25, 0.3) is 22.0 Å². The van der Waals surface area contributed by atoms with Crippen LogP contribution in [0.15, 0.2) is 66.6 Å². The second-order valence-corrected chi connectivity index (χ2v) is 14.4. The molecule has 1 aliphatic carbocycles. The molecule has 1 amide bonds. The molecule has 260 valence electrons. The molecule has 1 aromatic carbocycles. The molecule has 0 bridgehead atoms. The number of hydrogen-bond acceptors (Lipinski definition) is 8. The molecule has 10 nitrogen and oxygen atoms in total. The summed E-state index contributed by atoms with van der Waals surface area (Å²) < 4.78 is 8.23. The molecule has 1 saturated heterocycles. The Hall–Kier alpha value is -4.35. The molecule has 0 N–H and O–H groups in total. The monoisotopic (exact) mass is 738 g/mol. The number of piperidine rings is 1. The smallest absolute Gasteiger partial charge is 0.245 e. The van der Waals surface area contributed by atoms with E-state index in [-0.39, 0.29) is 41.9 Å². The van der Waals surface area contributed by atoms with Gasteiger partial charge in [0.2, 0.25) is 5.91 Å². The lowest BCUT2D eigenvalue weighted by atomic mass is 9.95. The minimum absolute atomic E-state index is 0.0510. The Morgan fingerprint density at radius 2 is 1.84 bits per heavy atom. The van der Waals surface area contributed by atoms with Crippen LogP contribution in [0.1, 0.15) is 72.2 Å². The average molecular weight is 740 g/mol. The number of hydrogen-bond donors (Lipinski definition) is 0. The van der Waals surface area contributed by atoms with Crippen molar-refractivity contribution in [3.8, 4) is 11.1 Å². The summed E-state index contributed by atoms with van der Waals surface area (Å²) in [5.74, 6) is 0.222. The van der Waals surface area contributed by atoms with Crippen molar-refractivity contribution in [2.75, 3.05) is 13.2 Å². The highest BCUT2D eigenvalue weighted by Crippen LogP contribution is 2.60. The number of pyridine rings is 1. The topological polar surface area (TPSA) is 120 Å². The molecule has 2 fully saturated rings. The first kappa shape index (κ1) is 35.5. The van der Waals surface area contributed by atoms with Gasteiger partial charge in [0.05, 0.1) is 36.9 Å². The summed E-state index contributed by atoms with van der Waals surface area (Å²) in [7, 11) is 0. The van der Waals surface area contributed by atoms with Crippen molar-refractivity contribution in [1.29, 1.82) is 0 Å². The van der Waals surface area contributed by atoms with Crippen molar-refractivity contribution in [2.24, 2.45) is 5.41 Å². The van der Waals surface area contributed by atoms with Crippen molar-refractivity contribution in [3.05, 3.63) is 94.9 Å². The van der Waals surface area contributed by atoms with Crippen molar-refractivity contribution in [1.82, 2.24) is 29.6 Å². The van der Waals surface area contributed by atoms with Gasteiger partial charge in [-0.05, 0) is 103 Å². The number of likely N-dealkylation sites (tertiary alicyclic amines) is 1. The minimum atomic E-state index is -0.616. The van der Waals surface area contributed by atoms with Gasteiger partial charge in [-0.3, -0.25) is 19.1 Å². The molecular weight excluding hydrogens is 696 g/mol. The van der Waals surface area contributed by atoms with Crippen LogP contribution in [0.5, 0.6) is 0 Å². The third-order valence-electron chi connectivity index (χ3n) is 9.97. The maximum absolute atomic E-state index is 14.5. The number of nitrogens with zero attached hydrogens (tertiary/aromatic N) is 6. The number of rotatable bonds is 16. The quantitative estimate of drug-likeness (QED) is 0.0537. The van der Waals surface area contributed by atoms with Crippen LogP contribution >= 0.6 is 15.9 Å². The van der Waals surface area contributed by atoms with Gasteiger partial charge in [0.1, 0.15) is 22.7 Å². The fourth-order valence-electron chi connectivity index (χ4n) is 7.31. The fourth-order valence-corrected chi connectivity index (χ4v) is 7.66. The molecule has 1 saturated carbocycles. The van der Waals surface area contributed by atoms with Gasteiger partial charge in [-0.2, -0.15) is 5.10 Å². The van der Waals surface area contributed by atoms with Crippen molar-refractivity contribution in [3.63, 3.8) is 0 Å². The first-order valence-corrected chi connectivity index (χ1v) is 17.9. The molecule has 4 aromatic rings. The Morgan fingerprint density at radius 3 is 2.56 bits per heavy atom. The minimum Gasteiger partial charge on any atom is -0.377 e. The number of halogens is 1. The van der Waals surface area contributed by atoms with E-state index in [1.165, 1.54) is 6.92 Å². The van der Waals surface area contributed by atoms with Gasteiger partial charge in [0.25, 0.3) is 0 Å². The zero-order chi connectivity index (χ0) is 35.6. The molecule has 3 atom stereocenters. The van der Waals surface area contributed by atoms with Crippen molar-refractivity contribution in [2.45, 2.75) is 84.3 Å². The van der Waals surface area contributed by atoms with Crippen LogP contribution < -0.4 is 0 Å². The van der Waals surface area contributed by atoms with E-state index in [1.54, 1.807) is 28.1 Å². The van der Waals surface area contributed by atoms with Crippen molar-refractivity contribution < 1.29 is 19.1 Å². The highest BCUT2D eigenvalue weighted by Gasteiger charge is 2.67. The number of amides is 1. The lowest BCUT2D eigenvalue weighted by molar-refractivity contribution is -0.139. The predicted molar refractivity (Wildman–Crippen MR) is 196 cm³/mol. The molecule has 3 aromatic heterocycles. The summed E-state index contributed by atoms with van der Waals surface area (Å²) in [4.78, 5) is 56.6. The molecule has 0 spiro atoms. The summed E-state index contributed by atoms with van der Waals surface area (Å²) in [5.41, 5.74) is 5.09. The van der Waals surface area contributed by atoms with Crippen LogP contribution in [0.2, 0.25) is 0 Å². The van der Waals surface area contributed by atoms with Gasteiger partial charge >= 0.3 is 0 Å². The van der Waals surface area contributed by atoms with E-state index in [1.807, 2.05) is 38.1 Å². The Kier molecular flexibility index (Phi) is 10.5. The van der Waals surface area contributed by atoms with Crippen molar-refractivity contribution >= 4 is 44.3 Å². The van der Waals surface area contributed by atoms with E-state index in [4.69, 9.17) is 9.84 Å². The highest BCUT2D eigenvalue weighted by molar-refractivity contribution is 9.10. The zero-order valence-electron chi connectivity index (χ0n) is 29.0. The van der Waals surface area contributed by atoms with E-state index in [2.05, 4.69) is 50.1 Å². The largest absolute Gasteiger partial charge is 0.377 e. The van der Waals surface area contributed by atoms with E-state index in [0.29, 0.717) is 46.8 Å². The van der Waals surface area contributed by atoms with Crippen LogP contribution in [0.3, 0.4) is 0 Å². The number of carbonyl (C=O) groups excluding carboxylic acids is 3. The standard InChI is InChI=1S/C39H43BrN6O4/c1-6-8-9-10-11-27-15-28(29-20-41-26(5)42-21-29)16-30-37(25(4)47)44-45(38(27)30)22-36(49)46-32(18-39(19-34(39)46)23-50-14-7-2)33(48)17-31-24(3)12-13-35(40)43-31/h6-7,12-13,15-16,20-21,32,34H,1-2,8-11,14,17-19,22-23H2,3-5H3/t32-,34+,39-/m0/s1. The number of fused-ring (bicyclic) bond motifs is 2. The number of unbranched alkanes of at least 4 members (excludes halogenated alkanes) is 2. The predicted octanol–water partition coefficient (Wildman–Crippen LogP) is 6.74. The lowest BCUT2D eigenvalue weighted by Crippen LogP contribution is -2.45. The molecule has 0 unspecified atom stereocenters. The Morgan fingerprint density at radius 1 is 1.06 bits per heavy atom. The van der Waals surface area contributed by atoms with Gasteiger partial charge in [-0.25, -0.2) is 15.0 Å². The summed E-state index contributed by atoms with van der Waals surface area (Å²) in [5, 5.41) is 5.45. The second kappa shape index (κ2) is 14.9. The molecule has 11 heteroatoms. The number of benzene rings is 1. The van der Waals surface area contributed by atoms with E-state index < -0.39 is 6.04 Å². The molecule has 4 heterocycles. The summed E-state index contributed by atoms with van der Waals surface area (Å²) >= 11 is 3.43. The van der Waals surface area contributed by atoms with Crippen LogP contribution in [0.4, 0.5) is 0 Å². The van der Waals surface area contributed by atoms with Gasteiger partial charge in [0, 0.05) is 41.7 Å². The number of allylic oxidation sites excluding steroid dienone is 1. The Labute approximate surface area is 301 Å². The van der Waals surface area contributed by atoms with E-state index in [9.17, 15) is 14.4 Å².